The van der Waals surface area contributed by atoms with Crippen molar-refractivity contribution in [3.8, 4) is 11.5 Å². The average molecular weight is 528 g/mol. The van der Waals surface area contributed by atoms with Crippen LogP contribution in [0.25, 0.3) is 11.5 Å². The molecule has 0 amide bonds. The van der Waals surface area contributed by atoms with Crippen molar-refractivity contribution in [1.29, 1.82) is 0 Å². The van der Waals surface area contributed by atoms with Crippen molar-refractivity contribution in [3.05, 3.63) is 111 Å². The highest BCUT2D eigenvalue weighted by atomic mass is 35.5. The molecule has 5 nitrogen and oxygen atoms in total. The second kappa shape index (κ2) is 9.84. The van der Waals surface area contributed by atoms with Gasteiger partial charge in [-0.2, -0.15) is 0 Å². The Morgan fingerprint density at radius 1 is 1.00 bits per heavy atom. The van der Waals surface area contributed by atoms with Crippen LogP contribution in [0.3, 0.4) is 0 Å². The smallest absolute Gasteiger partial charge is 0.388 e. The number of benzene rings is 3. The first-order chi connectivity index (χ1) is 17.6. The molecule has 3 aromatic carbocycles. The number of nitrogens with zero attached hydrogens (tertiary/aromatic N) is 2. The molecule has 1 N–H and O–H groups in total. The molecule has 1 saturated heterocycles. The summed E-state index contributed by atoms with van der Waals surface area (Å²) in [5.74, 6) is -2.76. The Hall–Kier alpha value is -3.36. The second-order valence-electron chi connectivity index (χ2n) is 9.96. The second-order valence-corrected chi connectivity index (χ2v) is 10.4. The first-order valence-electron chi connectivity index (χ1n) is 11.9. The molecule has 1 fully saturated rings. The van der Waals surface area contributed by atoms with E-state index in [-0.39, 0.29) is 17.9 Å². The Kier molecular flexibility index (Phi) is 6.72. The zero-order chi connectivity index (χ0) is 26.3. The van der Waals surface area contributed by atoms with Crippen molar-refractivity contribution in [3.63, 3.8) is 0 Å². The summed E-state index contributed by atoms with van der Waals surface area (Å²) in [5, 5.41) is 6.79. The number of aromatic amines is 1. The molecule has 0 saturated carbocycles. The van der Waals surface area contributed by atoms with Gasteiger partial charge >= 0.3 is 5.76 Å². The molecule has 5 rings (SSSR count). The first-order valence-corrected chi connectivity index (χ1v) is 12.3. The van der Waals surface area contributed by atoms with Gasteiger partial charge in [0.25, 0.3) is 0 Å². The van der Waals surface area contributed by atoms with Crippen LogP contribution in [0, 0.1) is 17.6 Å². The lowest BCUT2D eigenvalue weighted by Crippen LogP contribution is -2.53. The molecular formula is C28H25ClF3N3O2. The van der Waals surface area contributed by atoms with E-state index in [1.807, 2.05) is 30.3 Å². The summed E-state index contributed by atoms with van der Waals surface area (Å²) in [6, 6.07) is 18.0. The van der Waals surface area contributed by atoms with Crippen molar-refractivity contribution in [2.45, 2.75) is 31.5 Å². The molecule has 2 atom stereocenters. The summed E-state index contributed by atoms with van der Waals surface area (Å²) in [5.41, 5.74) is 1.13. The number of H-pyrrole nitrogens is 1. The van der Waals surface area contributed by atoms with Crippen molar-refractivity contribution in [2.24, 2.45) is 5.92 Å². The van der Waals surface area contributed by atoms with Crippen molar-refractivity contribution in [1.82, 2.24) is 15.1 Å². The number of rotatable bonds is 7. The van der Waals surface area contributed by atoms with Gasteiger partial charge in [-0.25, -0.2) is 23.1 Å². The zero-order valence-electron chi connectivity index (χ0n) is 20.2. The SMILES string of the molecule is CC(C)(F)C(c1cc(F)cc(F)c1)C1CN(C(c2ccc(Cl)cc2)c2cccc(-c3n[nH]c(=O)o3)c2)C1. The topological polar surface area (TPSA) is 62.1 Å². The lowest BCUT2D eigenvalue weighted by Gasteiger charge is -2.50. The van der Waals surface area contributed by atoms with Crippen LogP contribution in [0.5, 0.6) is 0 Å². The minimum Gasteiger partial charge on any atom is -0.388 e. The molecule has 9 heteroatoms. The van der Waals surface area contributed by atoms with E-state index >= 15 is 4.39 Å². The van der Waals surface area contributed by atoms with Gasteiger partial charge < -0.3 is 4.42 Å². The zero-order valence-corrected chi connectivity index (χ0v) is 21.0. The number of aromatic nitrogens is 2. The maximum atomic E-state index is 15.4. The number of alkyl halides is 1. The van der Waals surface area contributed by atoms with Crippen LogP contribution in [0.1, 0.15) is 42.5 Å². The molecule has 2 unspecified atom stereocenters. The molecule has 37 heavy (non-hydrogen) atoms. The fraction of sp³-hybridized carbons (Fsp3) is 0.286. The number of hydrogen-bond donors (Lipinski definition) is 1. The van der Waals surface area contributed by atoms with Gasteiger partial charge in [0, 0.05) is 35.7 Å². The molecule has 192 valence electrons. The minimum absolute atomic E-state index is 0.163. The summed E-state index contributed by atoms with van der Waals surface area (Å²) in [4.78, 5) is 13.6. The summed E-state index contributed by atoms with van der Waals surface area (Å²) in [7, 11) is 0. The van der Waals surface area contributed by atoms with Gasteiger partial charge in [0.15, 0.2) is 0 Å². The van der Waals surface area contributed by atoms with E-state index in [4.69, 9.17) is 16.0 Å². The fourth-order valence-corrected chi connectivity index (χ4v) is 5.53. The Balaban J connectivity index is 1.48. The maximum absolute atomic E-state index is 15.4. The van der Waals surface area contributed by atoms with E-state index in [1.54, 1.807) is 18.2 Å². The molecular weight excluding hydrogens is 503 g/mol. The molecule has 0 bridgehead atoms. The molecule has 1 aliphatic heterocycles. The predicted octanol–water partition coefficient (Wildman–Crippen LogP) is 6.51. The van der Waals surface area contributed by atoms with Crippen molar-refractivity contribution >= 4 is 11.6 Å². The molecule has 0 radical (unpaired) electrons. The van der Waals surface area contributed by atoms with Crippen LogP contribution in [-0.2, 0) is 0 Å². The third kappa shape index (κ3) is 5.36. The molecule has 1 aliphatic rings. The van der Waals surface area contributed by atoms with Crippen LogP contribution in [0.15, 0.2) is 75.9 Å². The highest BCUT2D eigenvalue weighted by Gasteiger charge is 2.45. The molecule has 4 aromatic rings. The van der Waals surface area contributed by atoms with Gasteiger partial charge in [0.1, 0.15) is 17.3 Å². The number of halogens is 4. The van der Waals surface area contributed by atoms with Gasteiger partial charge in [0.2, 0.25) is 5.89 Å². The van der Waals surface area contributed by atoms with Gasteiger partial charge in [-0.1, -0.05) is 35.9 Å². The van der Waals surface area contributed by atoms with E-state index in [2.05, 4.69) is 15.1 Å². The van der Waals surface area contributed by atoms with E-state index < -0.39 is 29.0 Å². The Bertz CT molecular complexity index is 1440. The fourth-order valence-electron chi connectivity index (χ4n) is 5.41. The number of likely N-dealkylation sites (tertiary alicyclic amines) is 1. The Morgan fingerprint density at radius 2 is 1.68 bits per heavy atom. The molecule has 1 aromatic heterocycles. The highest BCUT2D eigenvalue weighted by Crippen LogP contribution is 2.46. The molecule has 2 heterocycles. The summed E-state index contributed by atoms with van der Waals surface area (Å²) < 4.78 is 48.5. The van der Waals surface area contributed by atoms with E-state index in [0.717, 1.165) is 17.2 Å². The predicted molar refractivity (Wildman–Crippen MR) is 135 cm³/mol. The monoisotopic (exact) mass is 527 g/mol. The van der Waals surface area contributed by atoms with E-state index in [1.165, 1.54) is 26.0 Å². The lowest BCUT2D eigenvalue weighted by molar-refractivity contribution is 0.00805. The third-order valence-corrected chi connectivity index (χ3v) is 7.08. The van der Waals surface area contributed by atoms with Gasteiger partial charge in [-0.3, -0.25) is 4.90 Å². The van der Waals surface area contributed by atoms with Crippen LogP contribution >= 0.6 is 11.6 Å². The average Bonchev–Trinajstić information content (AvgIpc) is 3.24. The number of nitrogens with one attached hydrogen (secondary N) is 1. The summed E-state index contributed by atoms with van der Waals surface area (Å²) in [6.07, 6.45) is 0. The maximum Gasteiger partial charge on any atom is 0.434 e. The summed E-state index contributed by atoms with van der Waals surface area (Å²) >= 11 is 6.14. The van der Waals surface area contributed by atoms with Crippen molar-refractivity contribution in [2.75, 3.05) is 13.1 Å². The van der Waals surface area contributed by atoms with Gasteiger partial charge in [0.05, 0.1) is 6.04 Å². The largest absolute Gasteiger partial charge is 0.434 e. The molecule has 0 spiro atoms. The minimum atomic E-state index is -1.69. The van der Waals surface area contributed by atoms with Crippen LogP contribution in [-0.4, -0.2) is 33.9 Å². The van der Waals surface area contributed by atoms with Crippen LogP contribution < -0.4 is 5.76 Å². The quantitative estimate of drug-likeness (QED) is 0.297. The lowest BCUT2D eigenvalue weighted by atomic mass is 9.72. The van der Waals surface area contributed by atoms with E-state index in [0.29, 0.717) is 29.2 Å². The van der Waals surface area contributed by atoms with Gasteiger partial charge in [-0.15, -0.1) is 5.10 Å². The molecule has 0 aliphatic carbocycles. The highest BCUT2D eigenvalue weighted by molar-refractivity contribution is 6.30. The normalized spacial score (nSPS) is 16.4. The first kappa shape index (κ1) is 25.3. The standard InChI is InChI=1S/C28H25ClF3N3O2/c1-28(2,32)24(19-11-22(30)13-23(31)12-19)20-14-35(15-20)25(16-6-8-21(29)9-7-16)17-4-3-5-18(10-17)26-33-34-27(36)37-26/h3-13,20,24-25H,14-15H2,1-2H3,(H,34,36). The van der Waals surface area contributed by atoms with Crippen LogP contribution in [0.4, 0.5) is 13.2 Å². The van der Waals surface area contributed by atoms with Gasteiger partial charge in [-0.05, 0) is 72.9 Å². The van der Waals surface area contributed by atoms with Crippen LogP contribution in [0.2, 0.25) is 5.02 Å². The Labute approximate surface area is 216 Å². The van der Waals surface area contributed by atoms with E-state index in [9.17, 15) is 13.6 Å². The Morgan fingerprint density at radius 3 is 2.27 bits per heavy atom. The van der Waals surface area contributed by atoms with Crippen molar-refractivity contribution < 1.29 is 17.6 Å². The third-order valence-electron chi connectivity index (χ3n) is 6.83. The number of hydrogen-bond acceptors (Lipinski definition) is 4. The summed E-state index contributed by atoms with van der Waals surface area (Å²) in [6.45, 7) is 3.90.